The smallest absolute Gasteiger partial charge is 0.206 e. The van der Waals surface area contributed by atoms with Crippen LogP contribution in [0.5, 0.6) is 0 Å². The first-order chi connectivity index (χ1) is 5.63. The molecule has 1 saturated heterocycles. The predicted octanol–water partition coefficient (Wildman–Crippen LogP) is -0.209. The van der Waals surface area contributed by atoms with Crippen LogP contribution in [-0.4, -0.2) is 35.2 Å². The molecule has 0 spiro atoms. The number of hydrogen-bond acceptors (Lipinski definition) is 3. The second-order valence-corrected chi connectivity index (χ2v) is 2.72. The van der Waals surface area contributed by atoms with Crippen molar-refractivity contribution in [2.24, 2.45) is 0 Å². The highest BCUT2D eigenvalue weighted by atomic mass is 16.3. The number of aliphatic hydroxyl groups excluding tert-OH is 1. The number of nitrogens with zero attached hydrogens (tertiary/aromatic N) is 1. The molecule has 4 N–H and O–H groups in total. The van der Waals surface area contributed by atoms with Gasteiger partial charge in [0, 0.05) is 13.1 Å². The molecule has 5 heteroatoms. The summed E-state index contributed by atoms with van der Waals surface area (Å²) in [4.78, 5) is 0. The van der Waals surface area contributed by atoms with E-state index in [9.17, 15) is 0 Å². The lowest BCUT2D eigenvalue weighted by Crippen LogP contribution is -2.59. The maximum absolute atomic E-state index is 9.09. The Kier molecular flexibility index (Phi) is 2.54. The van der Waals surface area contributed by atoms with Gasteiger partial charge in [0.2, 0.25) is 5.96 Å². The molecule has 1 aliphatic heterocycles. The standard InChI is InChI=1S/C7H14N4O/c1-5(6(2)12)11-7(8)9-3-4-10-11/h5,10,12H,2-4H2,1H3,(H2,8,9). The molecular weight excluding hydrogens is 156 g/mol. The number of hydrogen-bond donors (Lipinski definition) is 4. The summed E-state index contributed by atoms with van der Waals surface area (Å²) in [6, 6.07) is -0.273. The van der Waals surface area contributed by atoms with Crippen molar-refractivity contribution in [3.8, 4) is 0 Å². The fraction of sp³-hybridized carbons (Fsp3) is 0.571. The van der Waals surface area contributed by atoms with Gasteiger partial charge in [0.1, 0.15) is 11.8 Å². The van der Waals surface area contributed by atoms with Crippen molar-refractivity contribution >= 4 is 5.96 Å². The SMILES string of the molecule is C=C(O)C(C)N1NCCNC1=N. The highest BCUT2D eigenvalue weighted by Gasteiger charge is 2.21. The van der Waals surface area contributed by atoms with Gasteiger partial charge in [0.05, 0.1) is 0 Å². The van der Waals surface area contributed by atoms with E-state index < -0.39 is 0 Å². The van der Waals surface area contributed by atoms with E-state index in [0.717, 1.165) is 13.1 Å². The summed E-state index contributed by atoms with van der Waals surface area (Å²) in [6.45, 7) is 6.67. The summed E-state index contributed by atoms with van der Waals surface area (Å²) in [6.07, 6.45) is 0. The maximum Gasteiger partial charge on any atom is 0.206 e. The van der Waals surface area contributed by atoms with Gasteiger partial charge in [-0.1, -0.05) is 6.58 Å². The molecule has 1 aliphatic rings. The van der Waals surface area contributed by atoms with Crippen LogP contribution in [0.2, 0.25) is 0 Å². The summed E-state index contributed by atoms with van der Waals surface area (Å²) in [5, 5.41) is 21.0. The van der Waals surface area contributed by atoms with E-state index in [1.54, 1.807) is 11.9 Å². The van der Waals surface area contributed by atoms with Crippen molar-refractivity contribution in [1.29, 1.82) is 5.41 Å². The van der Waals surface area contributed by atoms with Gasteiger partial charge in [0.25, 0.3) is 0 Å². The molecule has 1 unspecified atom stereocenters. The van der Waals surface area contributed by atoms with E-state index in [0.29, 0.717) is 0 Å². The first-order valence-corrected chi connectivity index (χ1v) is 3.86. The lowest BCUT2D eigenvalue weighted by Gasteiger charge is -2.34. The van der Waals surface area contributed by atoms with Crippen molar-refractivity contribution in [2.45, 2.75) is 13.0 Å². The lowest BCUT2D eigenvalue weighted by atomic mass is 10.3. The van der Waals surface area contributed by atoms with Crippen LogP contribution in [0.3, 0.4) is 0 Å². The molecule has 0 aromatic heterocycles. The summed E-state index contributed by atoms with van der Waals surface area (Å²) in [5.74, 6) is 0.319. The summed E-state index contributed by atoms with van der Waals surface area (Å²) < 4.78 is 0. The third kappa shape index (κ3) is 1.68. The molecule has 1 rings (SSSR count). The molecular formula is C7H14N4O. The van der Waals surface area contributed by atoms with Crippen molar-refractivity contribution in [3.05, 3.63) is 12.3 Å². The number of nitrogens with one attached hydrogen (secondary N) is 3. The van der Waals surface area contributed by atoms with E-state index >= 15 is 0 Å². The van der Waals surface area contributed by atoms with Crippen LogP contribution >= 0.6 is 0 Å². The van der Waals surface area contributed by atoms with E-state index in [1.807, 2.05) is 0 Å². The van der Waals surface area contributed by atoms with Gasteiger partial charge in [-0.2, -0.15) is 0 Å². The van der Waals surface area contributed by atoms with Gasteiger partial charge in [-0.05, 0) is 6.92 Å². The van der Waals surface area contributed by atoms with Crippen LogP contribution in [0, 0.1) is 5.41 Å². The molecule has 0 amide bonds. The van der Waals surface area contributed by atoms with Crippen LogP contribution in [0.4, 0.5) is 0 Å². The molecule has 68 valence electrons. The number of aliphatic hydroxyl groups is 1. The first kappa shape index (κ1) is 8.86. The monoisotopic (exact) mass is 170 g/mol. The first-order valence-electron chi connectivity index (χ1n) is 3.86. The Morgan fingerprint density at radius 1 is 1.75 bits per heavy atom. The second-order valence-electron chi connectivity index (χ2n) is 2.72. The van der Waals surface area contributed by atoms with Crippen molar-refractivity contribution in [1.82, 2.24) is 15.8 Å². The van der Waals surface area contributed by atoms with Crippen LogP contribution in [0.25, 0.3) is 0 Å². The molecule has 0 aromatic carbocycles. The average molecular weight is 170 g/mol. The quantitative estimate of drug-likeness (QED) is 0.433. The van der Waals surface area contributed by atoms with Crippen LogP contribution in [0.1, 0.15) is 6.92 Å². The van der Waals surface area contributed by atoms with Crippen LogP contribution in [0.15, 0.2) is 12.3 Å². The highest BCUT2D eigenvalue weighted by Crippen LogP contribution is 2.03. The van der Waals surface area contributed by atoms with Crippen molar-refractivity contribution in [2.75, 3.05) is 13.1 Å². The average Bonchev–Trinajstić information content (AvgIpc) is 2.04. The van der Waals surface area contributed by atoms with Crippen LogP contribution in [-0.2, 0) is 0 Å². The molecule has 12 heavy (non-hydrogen) atoms. The Hall–Kier alpha value is -1.23. The van der Waals surface area contributed by atoms with Gasteiger partial charge < -0.3 is 10.4 Å². The highest BCUT2D eigenvalue weighted by molar-refractivity contribution is 5.77. The fourth-order valence-electron chi connectivity index (χ4n) is 1.00. The zero-order valence-corrected chi connectivity index (χ0v) is 7.09. The zero-order valence-electron chi connectivity index (χ0n) is 7.09. The molecule has 1 atom stereocenters. The molecule has 5 nitrogen and oxygen atoms in total. The van der Waals surface area contributed by atoms with Gasteiger partial charge >= 0.3 is 0 Å². The molecule has 1 heterocycles. The largest absolute Gasteiger partial charge is 0.511 e. The molecule has 0 aliphatic carbocycles. The molecule has 0 radical (unpaired) electrons. The number of hydrazine groups is 1. The topological polar surface area (TPSA) is 71.4 Å². The molecule has 0 bridgehead atoms. The van der Waals surface area contributed by atoms with E-state index in [4.69, 9.17) is 10.5 Å². The Morgan fingerprint density at radius 2 is 2.42 bits per heavy atom. The zero-order chi connectivity index (χ0) is 9.14. The van der Waals surface area contributed by atoms with Gasteiger partial charge in [-0.3, -0.25) is 10.4 Å². The normalized spacial score (nSPS) is 20.1. The lowest BCUT2D eigenvalue weighted by molar-refractivity contribution is 0.192. The van der Waals surface area contributed by atoms with Gasteiger partial charge in [-0.25, -0.2) is 5.43 Å². The number of rotatable bonds is 2. The molecule has 1 fully saturated rings. The third-order valence-electron chi connectivity index (χ3n) is 1.81. The number of guanidine groups is 1. The van der Waals surface area contributed by atoms with E-state index in [2.05, 4.69) is 17.3 Å². The van der Waals surface area contributed by atoms with Crippen LogP contribution < -0.4 is 10.7 Å². The minimum absolute atomic E-state index is 0.0518. The Bertz CT molecular complexity index is 204. The Morgan fingerprint density at radius 3 is 2.92 bits per heavy atom. The van der Waals surface area contributed by atoms with Gasteiger partial charge in [0.15, 0.2) is 0 Å². The Balaban J connectivity index is 2.59. The molecule has 0 aromatic rings. The van der Waals surface area contributed by atoms with E-state index in [1.165, 1.54) is 0 Å². The predicted molar refractivity (Wildman–Crippen MR) is 46.8 cm³/mol. The Labute approximate surface area is 71.5 Å². The van der Waals surface area contributed by atoms with Crippen molar-refractivity contribution in [3.63, 3.8) is 0 Å². The molecule has 0 saturated carbocycles. The maximum atomic E-state index is 9.09. The van der Waals surface area contributed by atoms with Crippen molar-refractivity contribution < 1.29 is 5.11 Å². The third-order valence-corrected chi connectivity index (χ3v) is 1.81. The summed E-state index contributed by atoms with van der Waals surface area (Å²) in [7, 11) is 0. The van der Waals surface area contributed by atoms with Gasteiger partial charge in [-0.15, -0.1) is 0 Å². The summed E-state index contributed by atoms with van der Waals surface area (Å²) >= 11 is 0. The minimum Gasteiger partial charge on any atom is -0.511 e. The summed E-state index contributed by atoms with van der Waals surface area (Å²) in [5.41, 5.74) is 2.98. The second kappa shape index (κ2) is 3.44. The minimum atomic E-state index is -0.273. The van der Waals surface area contributed by atoms with E-state index in [-0.39, 0.29) is 17.8 Å². The fourth-order valence-corrected chi connectivity index (χ4v) is 1.00.